The average molecular weight is 1310 g/mol. The number of allylic oxidation sites excluding steroid dienone is 2. The molecule has 2 aliphatic heterocycles. The van der Waals surface area contributed by atoms with Gasteiger partial charge in [0.2, 0.25) is 11.8 Å². The molecule has 2 fully saturated rings. The lowest BCUT2D eigenvalue weighted by Gasteiger charge is -2.49. The Balaban J connectivity index is 2.45. The molecule has 3 N–H and O–H groups in total. The van der Waals surface area contributed by atoms with E-state index >= 15 is 0 Å². The molecule has 2 heterocycles. The van der Waals surface area contributed by atoms with Crippen molar-refractivity contribution < 1.29 is 90.4 Å². The molecule has 2 rings (SSSR count). The fourth-order valence-electron chi connectivity index (χ4n) is 11.7. The third-order valence-electron chi connectivity index (χ3n) is 16.8. The van der Waals surface area contributed by atoms with E-state index in [2.05, 4.69) is 50.5 Å². The van der Waals surface area contributed by atoms with Gasteiger partial charge in [-0.15, -0.1) is 0 Å². The zero-order chi connectivity index (χ0) is 65.4. The van der Waals surface area contributed by atoms with Gasteiger partial charge in [-0.2, -0.15) is 0 Å². The van der Waals surface area contributed by atoms with Gasteiger partial charge in [0.15, 0.2) is 12.6 Å². The molecule has 23 heteroatoms. The van der Waals surface area contributed by atoms with Crippen LogP contribution in [-0.4, -0.2) is 131 Å². The fourth-order valence-corrected chi connectivity index (χ4v) is 12.7. The number of Topliss-reactive ketones (excluding diaryl/α,β-unsaturated/α-hetero) is 1. The molecule has 2 saturated heterocycles. The van der Waals surface area contributed by atoms with Gasteiger partial charge >= 0.3 is 0 Å². The minimum Gasteiger partial charge on any atom is -0.790 e. The number of carbonyl (C=O) groups is 3. The number of hydrogen-bond acceptors (Lipinski definition) is 19. The molecule has 524 valence electrons. The Hall–Kier alpha value is -1.75. The molecule has 2 aliphatic rings. The van der Waals surface area contributed by atoms with E-state index in [1.807, 2.05) is 0 Å². The minimum absolute atomic E-state index is 0.0372. The molecule has 0 unspecified atom stereocenters. The number of methoxy groups -OCH3 is 2. The normalized spacial score (nSPS) is 22.9. The van der Waals surface area contributed by atoms with Crippen LogP contribution in [-0.2, 0) is 65.7 Å². The van der Waals surface area contributed by atoms with Crippen molar-refractivity contribution in [1.29, 1.82) is 0 Å². The molecular formula is C66H122N2O19P2-4. The second-order valence-corrected chi connectivity index (χ2v) is 27.0. The Labute approximate surface area is 536 Å². The highest BCUT2D eigenvalue weighted by atomic mass is 31.2. The van der Waals surface area contributed by atoms with Gasteiger partial charge in [0.05, 0.1) is 41.4 Å². The molecule has 0 aromatic rings. The van der Waals surface area contributed by atoms with Crippen molar-refractivity contribution >= 4 is 33.2 Å². The summed E-state index contributed by atoms with van der Waals surface area (Å²) < 4.78 is 77.9. The molecule has 0 bridgehead atoms. The van der Waals surface area contributed by atoms with Crippen molar-refractivity contribution in [3.05, 3.63) is 12.2 Å². The van der Waals surface area contributed by atoms with E-state index in [9.17, 15) is 48.2 Å². The van der Waals surface area contributed by atoms with Gasteiger partial charge in [-0.25, -0.2) is 0 Å². The molecule has 0 saturated carbocycles. The van der Waals surface area contributed by atoms with Crippen molar-refractivity contribution in [2.45, 2.75) is 352 Å². The van der Waals surface area contributed by atoms with Crippen LogP contribution in [0.3, 0.4) is 0 Å². The standard InChI is InChI=1S/C66H126N2O19P2/c1-7-11-15-19-22-25-26-27-28-29-30-32-34-38-42-46-57(70)67-60-64(82-49-47-54(80-6)45-41-36-18-14-10-4)62(86-88(73,74)75)56(51-79-5)85-65(60)83-52-55-61(72)63(81-48-43-39-35-24-21-17-13-9-3)59(66(84-55)87-89(76,77)78)68-58(71)50-53(69)44-40-37-33-31-23-20-16-12-8-2/h25-26,54-56,59-66,72H,7-24,27-52H2,1-6H3,(H,67,70)(H,68,71)(H2,73,74,75)(H2,76,77,78)/p-4/b26-25-/t54-,55+,56+,59+,60+,61+,62+,63+,64+,65+,66-/m0/s1. The summed E-state index contributed by atoms with van der Waals surface area (Å²) in [5.41, 5.74) is 0. The zero-order valence-corrected chi connectivity index (χ0v) is 57.6. The first-order valence-corrected chi connectivity index (χ1v) is 37.9. The minimum atomic E-state index is -5.90. The van der Waals surface area contributed by atoms with Crippen LogP contribution >= 0.6 is 15.6 Å². The van der Waals surface area contributed by atoms with Crippen molar-refractivity contribution in [2.75, 3.05) is 40.6 Å². The smallest absolute Gasteiger partial charge is 0.227 e. The van der Waals surface area contributed by atoms with Crippen LogP contribution < -0.4 is 30.2 Å². The van der Waals surface area contributed by atoms with Gasteiger partial charge in [0.25, 0.3) is 0 Å². The summed E-state index contributed by atoms with van der Waals surface area (Å²) >= 11 is 0. The summed E-state index contributed by atoms with van der Waals surface area (Å²) in [6.45, 7) is 7.64. The van der Waals surface area contributed by atoms with E-state index in [1.165, 1.54) is 58.5 Å². The van der Waals surface area contributed by atoms with Crippen LogP contribution in [0.25, 0.3) is 0 Å². The quantitative estimate of drug-likeness (QED) is 0.0220. The molecule has 89 heavy (non-hydrogen) atoms. The SMILES string of the molecule is CCCCCC/C=C\CCCCCCCCCC(=O)N[C@H]1[C@H](OC[C@H]2O[C@@H](OP(=O)([O-])[O-])[C@H](NC(=O)CC(=O)CCCCCCCCCCC)[C@@H](OCCCCCCCCCC)[C@@H]2O)O[C@H](COC)[C@@H](OP(=O)([O-])[O-])[C@@H]1OCC[C@H](CCCCCCC)OC. The maximum Gasteiger partial charge on any atom is 0.227 e. The number of carbonyl (C=O) groups excluding carboxylic acids is 3. The highest BCUT2D eigenvalue weighted by Gasteiger charge is 2.52. The number of phosphoric ester groups is 2. The number of rotatable bonds is 59. The van der Waals surface area contributed by atoms with Crippen LogP contribution in [0.15, 0.2) is 12.2 Å². The number of aliphatic hydroxyl groups excluding tert-OH is 1. The van der Waals surface area contributed by atoms with Crippen LogP contribution in [0.4, 0.5) is 0 Å². The number of unbranched alkanes of at least 4 members (excludes halogenated alkanes) is 30. The lowest BCUT2D eigenvalue weighted by molar-refractivity contribution is -0.365. The van der Waals surface area contributed by atoms with E-state index in [4.69, 9.17) is 42.2 Å². The van der Waals surface area contributed by atoms with Gasteiger partial charge in [-0.3, -0.25) is 14.4 Å². The number of aliphatic hydroxyl groups is 1. The zero-order valence-electron chi connectivity index (χ0n) is 55.8. The number of amides is 2. The Morgan fingerprint density at radius 1 is 0.483 bits per heavy atom. The van der Waals surface area contributed by atoms with Crippen molar-refractivity contribution in [2.24, 2.45) is 0 Å². The van der Waals surface area contributed by atoms with E-state index < -0.39 is 102 Å². The summed E-state index contributed by atoms with van der Waals surface area (Å²) in [5, 5.41) is 17.7. The first kappa shape index (κ1) is 83.3. The van der Waals surface area contributed by atoms with E-state index in [-0.39, 0.29) is 44.5 Å². The monoisotopic (exact) mass is 1310 g/mol. The highest BCUT2D eigenvalue weighted by Crippen LogP contribution is 2.38. The van der Waals surface area contributed by atoms with Gasteiger partial charge in [-0.1, -0.05) is 220 Å². The first-order chi connectivity index (χ1) is 42.9. The van der Waals surface area contributed by atoms with Crippen LogP contribution in [0.1, 0.15) is 285 Å². The molecule has 21 nitrogen and oxygen atoms in total. The van der Waals surface area contributed by atoms with Crippen LogP contribution in [0, 0.1) is 0 Å². The number of hydrogen-bond donors (Lipinski definition) is 3. The Morgan fingerprint density at radius 3 is 1.46 bits per heavy atom. The molecule has 11 atom stereocenters. The maximum absolute atomic E-state index is 14.1. The second kappa shape index (κ2) is 52.5. The van der Waals surface area contributed by atoms with Crippen molar-refractivity contribution in [1.82, 2.24) is 10.6 Å². The summed E-state index contributed by atoms with van der Waals surface area (Å²) in [5.74, 6) is -1.64. The van der Waals surface area contributed by atoms with E-state index in [0.29, 0.717) is 25.7 Å². The molecule has 0 radical (unpaired) electrons. The Morgan fingerprint density at radius 2 is 0.933 bits per heavy atom. The van der Waals surface area contributed by atoms with Gasteiger partial charge in [0.1, 0.15) is 54.5 Å². The van der Waals surface area contributed by atoms with Crippen molar-refractivity contribution in [3.8, 4) is 0 Å². The maximum atomic E-state index is 14.1. The van der Waals surface area contributed by atoms with Crippen LogP contribution in [0.5, 0.6) is 0 Å². The van der Waals surface area contributed by atoms with E-state index in [1.54, 1.807) is 7.11 Å². The predicted octanol–water partition coefficient (Wildman–Crippen LogP) is 11.1. The Kier molecular flexibility index (Phi) is 49.2. The fraction of sp³-hybridized carbons (Fsp3) is 0.924. The third kappa shape index (κ3) is 41.0. The summed E-state index contributed by atoms with van der Waals surface area (Å²) in [6, 6.07) is -3.00. The molecule has 0 aromatic carbocycles. The van der Waals surface area contributed by atoms with Gasteiger partial charge < -0.3 is 86.6 Å². The average Bonchev–Trinajstić information content (AvgIpc) is 0.966. The molecule has 0 aliphatic carbocycles. The topological polar surface area (TPSA) is 305 Å². The molecular weight excluding hydrogens is 1190 g/mol. The molecule has 0 spiro atoms. The molecule has 0 aromatic heterocycles. The van der Waals surface area contributed by atoms with Crippen LogP contribution in [0.2, 0.25) is 0 Å². The number of phosphoric acid groups is 2. The van der Waals surface area contributed by atoms with Crippen molar-refractivity contribution in [3.63, 3.8) is 0 Å². The number of ketones is 1. The highest BCUT2D eigenvalue weighted by molar-refractivity contribution is 7.43. The number of nitrogens with one attached hydrogen (secondary N) is 2. The lowest BCUT2D eigenvalue weighted by Crippen LogP contribution is -2.68. The summed E-state index contributed by atoms with van der Waals surface area (Å²) in [6.07, 6.45) is 28.0. The summed E-state index contributed by atoms with van der Waals surface area (Å²) in [4.78, 5) is 90.9. The third-order valence-corrected chi connectivity index (χ3v) is 17.8. The largest absolute Gasteiger partial charge is 0.790 e. The van der Waals surface area contributed by atoms with Gasteiger partial charge in [0, 0.05) is 40.3 Å². The lowest BCUT2D eigenvalue weighted by atomic mass is 9.95. The van der Waals surface area contributed by atoms with Gasteiger partial charge in [-0.05, 0) is 57.8 Å². The Bertz CT molecular complexity index is 1900. The first-order valence-electron chi connectivity index (χ1n) is 34.9. The summed E-state index contributed by atoms with van der Waals surface area (Å²) in [7, 11) is -8.77. The van der Waals surface area contributed by atoms with E-state index in [0.717, 1.165) is 161 Å². The number of ether oxygens (including phenoxy) is 7. The molecule has 2 amide bonds. The second-order valence-electron chi connectivity index (χ2n) is 24.7. The predicted molar refractivity (Wildman–Crippen MR) is 338 cm³/mol.